The summed E-state index contributed by atoms with van der Waals surface area (Å²) in [6.45, 7) is 3.50. The number of amides is 1. The molecule has 0 aromatic carbocycles. The van der Waals surface area contributed by atoms with Gasteiger partial charge < -0.3 is 19.5 Å². The molecule has 27 heavy (non-hydrogen) atoms. The summed E-state index contributed by atoms with van der Waals surface area (Å²) in [5, 5.41) is 11.0. The smallest absolute Gasteiger partial charge is 0.272 e. The van der Waals surface area contributed by atoms with E-state index in [1.54, 1.807) is 36.9 Å². The van der Waals surface area contributed by atoms with Gasteiger partial charge >= 0.3 is 0 Å². The van der Waals surface area contributed by atoms with Crippen LogP contribution in [0.2, 0.25) is 0 Å². The topological polar surface area (TPSA) is 100 Å². The third-order valence-corrected chi connectivity index (χ3v) is 4.33. The van der Waals surface area contributed by atoms with Crippen molar-refractivity contribution >= 4 is 17.7 Å². The van der Waals surface area contributed by atoms with Crippen LogP contribution in [0.25, 0.3) is 0 Å². The molecule has 1 N–H and O–H groups in total. The van der Waals surface area contributed by atoms with Gasteiger partial charge in [-0.05, 0) is 30.3 Å². The van der Waals surface area contributed by atoms with Crippen LogP contribution in [0.4, 0.5) is 11.8 Å². The molecule has 1 saturated heterocycles. The van der Waals surface area contributed by atoms with Crippen LogP contribution in [-0.2, 0) is 6.54 Å². The Morgan fingerprint density at radius 2 is 1.78 bits per heavy atom. The van der Waals surface area contributed by atoms with Crippen molar-refractivity contribution in [3.8, 4) is 0 Å². The van der Waals surface area contributed by atoms with Gasteiger partial charge in [-0.25, -0.2) is 9.97 Å². The molecule has 0 aliphatic carbocycles. The van der Waals surface area contributed by atoms with Gasteiger partial charge in [0.15, 0.2) is 11.5 Å². The fourth-order valence-electron chi connectivity index (χ4n) is 2.88. The van der Waals surface area contributed by atoms with Crippen LogP contribution in [0.3, 0.4) is 0 Å². The van der Waals surface area contributed by atoms with Crippen molar-refractivity contribution in [1.82, 2.24) is 25.5 Å². The largest absolute Gasteiger partial charge is 0.467 e. The first-order chi connectivity index (χ1) is 13.3. The Balaban J connectivity index is 1.32. The van der Waals surface area contributed by atoms with Crippen molar-refractivity contribution < 1.29 is 9.21 Å². The number of nitrogens with zero attached hydrogens (tertiary/aromatic N) is 6. The SMILES string of the molecule is O=C(NCc1ccco1)c1ccc(N2CCN(c3ncccn3)CC2)nn1. The highest BCUT2D eigenvalue weighted by Gasteiger charge is 2.20. The van der Waals surface area contributed by atoms with Gasteiger partial charge in [-0.2, -0.15) is 0 Å². The van der Waals surface area contributed by atoms with E-state index in [2.05, 4.69) is 35.3 Å². The van der Waals surface area contributed by atoms with E-state index in [-0.39, 0.29) is 11.6 Å². The molecular weight excluding hydrogens is 346 g/mol. The summed E-state index contributed by atoms with van der Waals surface area (Å²) in [6.07, 6.45) is 5.06. The summed E-state index contributed by atoms with van der Waals surface area (Å²) in [4.78, 5) is 25.0. The Labute approximate surface area is 156 Å². The minimum Gasteiger partial charge on any atom is -0.467 e. The lowest BCUT2D eigenvalue weighted by atomic mass is 10.3. The summed E-state index contributed by atoms with van der Waals surface area (Å²) in [6, 6.07) is 8.90. The standard InChI is InChI=1S/C18H19N7O2/c26-17(21-13-14-3-1-12-27-14)15-4-5-16(23-22-15)24-8-10-25(11-9-24)18-19-6-2-7-20-18/h1-7,12H,8-11,13H2,(H,21,26). The Kier molecular flexibility index (Phi) is 4.91. The molecule has 9 heteroatoms. The second kappa shape index (κ2) is 7.81. The van der Waals surface area contributed by atoms with Crippen LogP contribution in [0.5, 0.6) is 0 Å². The van der Waals surface area contributed by atoms with Crippen LogP contribution >= 0.6 is 0 Å². The van der Waals surface area contributed by atoms with Crippen LogP contribution in [0, 0.1) is 0 Å². The molecule has 0 saturated carbocycles. The van der Waals surface area contributed by atoms with E-state index in [4.69, 9.17) is 4.42 Å². The van der Waals surface area contributed by atoms with Crippen molar-refractivity contribution in [2.24, 2.45) is 0 Å². The summed E-state index contributed by atoms with van der Waals surface area (Å²) >= 11 is 0. The Morgan fingerprint density at radius 3 is 2.44 bits per heavy atom. The Morgan fingerprint density at radius 1 is 1.00 bits per heavy atom. The molecule has 9 nitrogen and oxygen atoms in total. The summed E-state index contributed by atoms with van der Waals surface area (Å²) in [5.74, 6) is 1.91. The van der Waals surface area contributed by atoms with Crippen molar-refractivity contribution in [1.29, 1.82) is 0 Å². The maximum Gasteiger partial charge on any atom is 0.272 e. The van der Waals surface area contributed by atoms with E-state index >= 15 is 0 Å². The fraction of sp³-hybridized carbons (Fsp3) is 0.278. The highest BCUT2D eigenvalue weighted by Crippen LogP contribution is 2.15. The molecule has 0 radical (unpaired) electrons. The zero-order valence-corrected chi connectivity index (χ0v) is 14.7. The van der Waals surface area contributed by atoms with Gasteiger partial charge in [0, 0.05) is 38.6 Å². The summed E-state index contributed by atoms with van der Waals surface area (Å²) in [5.41, 5.74) is 0.279. The van der Waals surface area contributed by atoms with E-state index in [1.807, 2.05) is 12.1 Å². The number of nitrogens with one attached hydrogen (secondary N) is 1. The van der Waals surface area contributed by atoms with Gasteiger partial charge in [0.25, 0.3) is 5.91 Å². The zero-order chi connectivity index (χ0) is 18.5. The lowest BCUT2D eigenvalue weighted by Gasteiger charge is -2.35. The number of hydrogen-bond acceptors (Lipinski definition) is 8. The summed E-state index contributed by atoms with van der Waals surface area (Å²) < 4.78 is 5.19. The minimum atomic E-state index is -0.281. The van der Waals surface area contributed by atoms with Crippen molar-refractivity contribution in [2.75, 3.05) is 36.0 Å². The number of carbonyl (C=O) groups excluding carboxylic acids is 1. The lowest BCUT2D eigenvalue weighted by molar-refractivity contribution is 0.0942. The number of rotatable bonds is 5. The van der Waals surface area contributed by atoms with Crippen LogP contribution in [0.1, 0.15) is 16.2 Å². The van der Waals surface area contributed by atoms with E-state index in [9.17, 15) is 4.79 Å². The molecule has 1 aliphatic rings. The highest BCUT2D eigenvalue weighted by atomic mass is 16.3. The zero-order valence-electron chi connectivity index (χ0n) is 14.7. The third kappa shape index (κ3) is 4.02. The van der Waals surface area contributed by atoms with E-state index < -0.39 is 0 Å². The summed E-state index contributed by atoms with van der Waals surface area (Å²) in [7, 11) is 0. The van der Waals surface area contributed by atoms with Crippen molar-refractivity contribution in [2.45, 2.75) is 6.54 Å². The maximum absolute atomic E-state index is 12.1. The Bertz CT molecular complexity index is 860. The van der Waals surface area contributed by atoms with Crippen LogP contribution in [-0.4, -0.2) is 52.3 Å². The first-order valence-corrected chi connectivity index (χ1v) is 8.71. The monoisotopic (exact) mass is 365 g/mol. The number of carbonyl (C=O) groups is 1. The number of piperazine rings is 1. The molecule has 1 amide bonds. The molecule has 4 heterocycles. The molecule has 0 spiro atoms. The van der Waals surface area contributed by atoms with Crippen LogP contribution in [0.15, 0.2) is 53.4 Å². The normalized spacial score (nSPS) is 14.2. The van der Waals surface area contributed by atoms with E-state index in [0.717, 1.165) is 37.9 Å². The minimum absolute atomic E-state index is 0.279. The third-order valence-electron chi connectivity index (χ3n) is 4.33. The van der Waals surface area contributed by atoms with Gasteiger partial charge in [-0.1, -0.05) is 0 Å². The number of hydrogen-bond donors (Lipinski definition) is 1. The second-order valence-corrected chi connectivity index (χ2v) is 6.06. The molecule has 0 atom stereocenters. The average molecular weight is 365 g/mol. The van der Waals surface area contributed by atoms with Gasteiger partial charge in [-0.3, -0.25) is 4.79 Å². The van der Waals surface area contributed by atoms with Gasteiger partial charge in [-0.15, -0.1) is 10.2 Å². The molecule has 0 bridgehead atoms. The predicted molar refractivity (Wildman–Crippen MR) is 98.4 cm³/mol. The number of aromatic nitrogens is 4. The fourth-order valence-corrected chi connectivity index (χ4v) is 2.88. The number of anilines is 2. The molecule has 138 valence electrons. The predicted octanol–water partition coefficient (Wildman–Crippen LogP) is 1.12. The van der Waals surface area contributed by atoms with E-state index in [0.29, 0.717) is 12.3 Å². The molecule has 3 aromatic heterocycles. The first-order valence-electron chi connectivity index (χ1n) is 8.71. The molecule has 1 fully saturated rings. The van der Waals surface area contributed by atoms with Crippen molar-refractivity contribution in [3.05, 3.63) is 60.4 Å². The van der Waals surface area contributed by atoms with Gasteiger partial charge in [0.1, 0.15) is 5.76 Å². The van der Waals surface area contributed by atoms with Crippen LogP contribution < -0.4 is 15.1 Å². The van der Waals surface area contributed by atoms with E-state index in [1.165, 1.54) is 0 Å². The Hall–Kier alpha value is -3.49. The second-order valence-electron chi connectivity index (χ2n) is 6.06. The number of furan rings is 1. The highest BCUT2D eigenvalue weighted by molar-refractivity contribution is 5.92. The average Bonchev–Trinajstić information content (AvgIpc) is 3.27. The molecule has 1 aliphatic heterocycles. The van der Waals surface area contributed by atoms with Gasteiger partial charge in [0.05, 0.1) is 12.8 Å². The molecular formula is C18H19N7O2. The lowest BCUT2D eigenvalue weighted by Crippen LogP contribution is -2.47. The maximum atomic E-state index is 12.1. The molecule has 0 unspecified atom stereocenters. The molecule has 4 rings (SSSR count). The molecule has 3 aromatic rings. The van der Waals surface area contributed by atoms with Gasteiger partial charge in [0.2, 0.25) is 5.95 Å². The quantitative estimate of drug-likeness (QED) is 0.718. The first kappa shape index (κ1) is 17.0. The van der Waals surface area contributed by atoms with Crippen molar-refractivity contribution in [3.63, 3.8) is 0 Å².